The van der Waals surface area contributed by atoms with Crippen LogP contribution in [-0.4, -0.2) is 50.7 Å². The maximum absolute atomic E-state index is 12.3. The molecule has 2 aromatic carbocycles. The summed E-state index contributed by atoms with van der Waals surface area (Å²) in [5, 5.41) is 7.56. The highest BCUT2D eigenvalue weighted by Gasteiger charge is 2.17. The van der Waals surface area contributed by atoms with E-state index in [1.807, 2.05) is 0 Å². The van der Waals surface area contributed by atoms with E-state index in [-0.39, 0.29) is 23.6 Å². The molecule has 0 atom stereocenters. The summed E-state index contributed by atoms with van der Waals surface area (Å²) in [4.78, 5) is 29.8. The number of H-pyrrole nitrogens is 1. The van der Waals surface area contributed by atoms with Gasteiger partial charge in [0.25, 0.3) is 11.8 Å². The minimum Gasteiger partial charge on any atom is -0.437 e. The Morgan fingerprint density at radius 2 is 1.82 bits per heavy atom. The van der Waals surface area contributed by atoms with E-state index in [0.717, 1.165) is 0 Å². The van der Waals surface area contributed by atoms with Gasteiger partial charge in [0, 0.05) is 37.0 Å². The molecule has 1 amide bonds. The molecule has 33 heavy (non-hydrogen) atoms. The fourth-order valence-corrected chi connectivity index (χ4v) is 3.10. The molecule has 0 aliphatic rings. The van der Waals surface area contributed by atoms with Crippen molar-refractivity contribution in [2.75, 3.05) is 19.8 Å². The number of benzene rings is 2. The highest BCUT2D eigenvalue weighted by Crippen LogP contribution is 2.31. The van der Waals surface area contributed by atoms with Crippen LogP contribution in [0.3, 0.4) is 0 Å². The Balaban J connectivity index is 1.69. The number of rotatable bonds is 6. The lowest BCUT2D eigenvalue weighted by atomic mass is 10.1. The summed E-state index contributed by atoms with van der Waals surface area (Å²) in [6.45, 7) is 1.78. The number of nitrogens with zero attached hydrogens (tertiary/aromatic N) is 4. The molecule has 0 bridgehead atoms. The lowest BCUT2D eigenvalue weighted by Gasteiger charge is -2.12. The van der Waals surface area contributed by atoms with Crippen LogP contribution in [0.25, 0.3) is 11.2 Å². The van der Waals surface area contributed by atoms with Crippen LogP contribution in [0.5, 0.6) is 23.4 Å². The zero-order valence-corrected chi connectivity index (χ0v) is 18.2. The van der Waals surface area contributed by atoms with Gasteiger partial charge in [0.2, 0.25) is 0 Å². The first-order chi connectivity index (χ1) is 15.7. The lowest BCUT2D eigenvalue weighted by Crippen LogP contribution is -2.21. The number of nitrogens with two attached hydrogens (primary N) is 2. The molecule has 6 N–H and O–H groups in total. The number of imidazole rings is 1. The van der Waals surface area contributed by atoms with Crippen LogP contribution in [0, 0.1) is 12.3 Å². The average molecular weight is 446 g/mol. The normalized spacial score (nSPS) is 10.8. The summed E-state index contributed by atoms with van der Waals surface area (Å²) in [6.07, 6.45) is 0. The number of amides is 1. The van der Waals surface area contributed by atoms with E-state index in [0.29, 0.717) is 45.3 Å². The van der Waals surface area contributed by atoms with Crippen molar-refractivity contribution in [1.82, 2.24) is 24.8 Å². The van der Waals surface area contributed by atoms with Crippen molar-refractivity contribution in [1.29, 1.82) is 5.41 Å². The molecule has 0 aliphatic carbocycles. The Morgan fingerprint density at radius 3 is 2.52 bits per heavy atom. The summed E-state index contributed by atoms with van der Waals surface area (Å²) in [7, 11) is 3.35. The first-order valence-corrected chi connectivity index (χ1v) is 9.87. The van der Waals surface area contributed by atoms with E-state index in [1.54, 1.807) is 63.5 Å². The number of hydrogen-bond donors (Lipinski definition) is 4. The third-order valence-corrected chi connectivity index (χ3v) is 4.64. The number of aromatic amines is 1. The van der Waals surface area contributed by atoms with Gasteiger partial charge in [-0.05, 0) is 37.3 Å². The van der Waals surface area contributed by atoms with E-state index >= 15 is 0 Å². The first-order valence-electron chi connectivity index (χ1n) is 9.87. The quantitative estimate of drug-likeness (QED) is 0.199. The SMILES string of the molecule is Cc1nc2nc(Oc3cccc(C(=O)N(C)C)c3)nc(Oc3ccc(C(=N)N)c(N)c3)c2[nH]1. The maximum Gasteiger partial charge on any atom is 0.327 e. The monoisotopic (exact) mass is 446 g/mol. The van der Waals surface area contributed by atoms with Crippen molar-refractivity contribution in [2.24, 2.45) is 5.73 Å². The summed E-state index contributed by atoms with van der Waals surface area (Å²) in [6, 6.07) is 11.5. The average Bonchev–Trinajstić information content (AvgIpc) is 3.13. The van der Waals surface area contributed by atoms with Crippen molar-refractivity contribution in [3.05, 3.63) is 59.4 Å². The molecule has 0 fully saturated rings. The van der Waals surface area contributed by atoms with E-state index < -0.39 is 0 Å². The fraction of sp³-hybridized carbons (Fsp3) is 0.136. The number of carbonyl (C=O) groups excluding carboxylic acids is 1. The second-order valence-electron chi connectivity index (χ2n) is 7.43. The van der Waals surface area contributed by atoms with Gasteiger partial charge in [0.05, 0.1) is 0 Å². The Bertz CT molecular complexity index is 1380. The molecule has 0 aliphatic heterocycles. The number of aryl methyl sites for hydroxylation is 1. The molecule has 168 valence electrons. The molecule has 2 aromatic heterocycles. The zero-order chi connectivity index (χ0) is 23.7. The van der Waals surface area contributed by atoms with Crippen molar-refractivity contribution < 1.29 is 14.3 Å². The first kappa shape index (κ1) is 21.6. The smallest absolute Gasteiger partial charge is 0.327 e. The van der Waals surface area contributed by atoms with Crippen LogP contribution in [-0.2, 0) is 0 Å². The molecule has 2 heterocycles. The molecule has 4 aromatic rings. The van der Waals surface area contributed by atoms with Crippen LogP contribution >= 0.6 is 0 Å². The van der Waals surface area contributed by atoms with Crippen molar-refractivity contribution >= 4 is 28.6 Å². The molecule has 0 spiro atoms. The van der Waals surface area contributed by atoms with E-state index in [2.05, 4.69) is 19.9 Å². The van der Waals surface area contributed by atoms with Crippen LogP contribution in [0.1, 0.15) is 21.7 Å². The van der Waals surface area contributed by atoms with Gasteiger partial charge in [0.1, 0.15) is 28.7 Å². The van der Waals surface area contributed by atoms with Crippen LogP contribution < -0.4 is 20.9 Å². The van der Waals surface area contributed by atoms with Gasteiger partial charge in [-0.15, -0.1) is 0 Å². The Kier molecular flexibility index (Phi) is 5.53. The molecule has 0 saturated heterocycles. The molecule has 0 radical (unpaired) electrons. The Hall–Kier alpha value is -4.67. The fourth-order valence-electron chi connectivity index (χ4n) is 3.10. The van der Waals surface area contributed by atoms with Crippen molar-refractivity contribution in [3.8, 4) is 23.4 Å². The van der Waals surface area contributed by atoms with E-state index in [9.17, 15) is 4.79 Å². The zero-order valence-electron chi connectivity index (χ0n) is 18.2. The highest BCUT2D eigenvalue weighted by atomic mass is 16.5. The second-order valence-corrected chi connectivity index (χ2v) is 7.43. The molecule has 0 unspecified atom stereocenters. The summed E-state index contributed by atoms with van der Waals surface area (Å²) in [5.74, 6) is 1.26. The largest absolute Gasteiger partial charge is 0.437 e. The highest BCUT2D eigenvalue weighted by molar-refractivity contribution is 6.00. The van der Waals surface area contributed by atoms with Gasteiger partial charge >= 0.3 is 6.01 Å². The van der Waals surface area contributed by atoms with Gasteiger partial charge in [-0.25, -0.2) is 4.98 Å². The summed E-state index contributed by atoms with van der Waals surface area (Å²) in [5.41, 5.74) is 13.5. The number of hydrogen-bond acceptors (Lipinski definition) is 8. The van der Waals surface area contributed by atoms with Gasteiger partial charge in [-0.3, -0.25) is 10.2 Å². The van der Waals surface area contributed by atoms with Crippen molar-refractivity contribution in [2.45, 2.75) is 6.92 Å². The number of aromatic nitrogens is 4. The number of fused-ring (bicyclic) bond motifs is 1. The van der Waals surface area contributed by atoms with Crippen LogP contribution in [0.2, 0.25) is 0 Å². The lowest BCUT2D eigenvalue weighted by molar-refractivity contribution is 0.0827. The number of nitrogens with one attached hydrogen (secondary N) is 2. The Morgan fingerprint density at radius 1 is 1.06 bits per heavy atom. The molecule has 11 nitrogen and oxygen atoms in total. The van der Waals surface area contributed by atoms with Crippen molar-refractivity contribution in [3.63, 3.8) is 0 Å². The van der Waals surface area contributed by atoms with Crippen LogP contribution in [0.15, 0.2) is 42.5 Å². The molecular formula is C22H22N8O3. The predicted octanol–water partition coefficient (Wildman–Crippen LogP) is 2.81. The maximum atomic E-state index is 12.3. The minimum absolute atomic E-state index is 0.00761. The number of carbonyl (C=O) groups is 1. The number of anilines is 1. The van der Waals surface area contributed by atoms with E-state index in [1.165, 1.54) is 4.90 Å². The molecule has 11 heteroatoms. The van der Waals surface area contributed by atoms with Gasteiger partial charge in [-0.1, -0.05) is 6.07 Å². The Labute approximate surface area is 188 Å². The number of ether oxygens (including phenoxy) is 2. The minimum atomic E-state index is -0.157. The number of nitrogen functional groups attached to an aromatic ring is 2. The predicted molar refractivity (Wildman–Crippen MR) is 123 cm³/mol. The summed E-state index contributed by atoms with van der Waals surface area (Å²) < 4.78 is 11.8. The molecular weight excluding hydrogens is 424 g/mol. The number of amidine groups is 1. The summed E-state index contributed by atoms with van der Waals surface area (Å²) >= 11 is 0. The van der Waals surface area contributed by atoms with Gasteiger partial charge in [0.15, 0.2) is 5.65 Å². The van der Waals surface area contributed by atoms with Gasteiger partial charge < -0.3 is 30.8 Å². The third kappa shape index (κ3) is 4.51. The van der Waals surface area contributed by atoms with Gasteiger partial charge in [-0.2, -0.15) is 9.97 Å². The molecule has 4 rings (SSSR count). The standard InChI is InChI=1S/C22H22N8O3/c1-11-26-17-19(27-11)28-22(33-13-6-4-5-12(9-13)21(31)30(2)3)29-20(17)32-14-7-8-15(18(24)25)16(23)10-14/h4-10H,23H2,1-3H3,(H3,24,25)(H,26,27,28,29). The third-order valence-electron chi connectivity index (χ3n) is 4.64. The molecule has 0 saturated carbocycles. The van der Waals surface area contributed by atoms with Crippen LogP contribution in [0.4, 0.5) is 5.69 Å². The topological polar surface area (TPSA) is 169 Å². The van der Waals surface area contributed by atoms with E-state index in [4.69, 9.17) is 26.4 Å². The second kappa shape index (κ2) is 8.46.